The van der Waals surface area contributed by atoms with E-state index >= 15 is 0 Å². The minimum absolute atomic E-state index is 0.0710. The molecular weight excluding hydrogens is 318 g/mol. The molecule has 0 saturated heterocycles. The monoisotopic (exact) mass is 335 g/mol. The minimum atomic E-state index is -0.0710. The molecule has 3 nitrogen and oxygen atoms in total. The van der Waals surface area contributed by atoms with Crippen molar-refractivity contribution in [2.45, 2.75) is 19.6 Å². The molecule has 0 spiro atoms. The zero-order valence-corrected chi connectivity index (χ0v) is 13.2. The van der Waals surface area contributed by atoms with Crippen LogP contribution in [0.3, 0.4) is 0 Å². The first-order valence-electron chi connectivity index (χ1n) is 6.41. The van der Waals surface area contributed by atoms with E-state index in [1.165, 1.54) is 0 Å². The molecule has 2 rings (SSSR count). The fourth-order valence-corrected chi connectivity index (χ4v) is 2.27. The molecule has 1 atom stereocenters. The van der Waals surface area contributed by atoms with Gasteiger partial charge in [0.15, 0.2) is 0 Å². The van der Waals surface area contributed by atoms with Gasteiger partial charge in [-0.25, -0.2) is 0 Å². The lowest BCUT2D eigenvalue weighted by Gasteiger charge is -2.14. The van der Waals surface area contributed by atoms with Gasteiger partial charge in [0.25, 0.3) is 0 Å². The number of methoxy groups -OCH3 is 1. The van der Waals surface area contributed by atoms with Crippen LogP contribution in [0.4, 0.5) is 0 Å². The van der Waals surface area contributed by atoms with Crippen LogP contribution < -0.4 is 15.2 Å². The Balaban J connectivity index is 2.10. The maximum Gasteiger partial charge on any atom is 0.124 e. The van der Waals surface area contributed by atoms with Crippen LogP contribution in [0.1, 0.15) is 24.1 Å². The van der Waals surface area contributed by atoms with E-state index in [1.807, 2.05) is 49.4 Å². The molecule has 0 aliphatic carbocycles. The van der Waals surface area contributed by atoms with Crippen LogP contribution in [0.15, 0.2) is 46.9 Å². The van der Waals surface area contributed by atoms with Crippen molar-refractivity contribution in [3.8, 4) is 11.5 Å². The van der Waals surface area contributed by atoms with Crippen molar-refractivity contribution < 1.29 is 9.47 Å². The van der Waals surface area contributed by atoms with E-state index in [0.717, 1.165) is 27.1 Å². The highest BCUT2D eigenvalue weighted by molar-refractivity contribution is 9.10. The molecule has 0 saturated carbocycles. The molecule has 2 aromatic rings. The molecule has 0 heterocycles. The number of rotatable bonds is 5. The summed E-state index contributed by atoms with van der Waals surface area (Å²) in [6, 6.07) is 13.6. The number of halogens is 1. The third-order valence-corrected chi connectivity index (χ3v) is 3.51. The van der Waals surface area contributed by atoms with Crippen molar-refractivity contribution in [1.82, 2.24) is 0 Å². The Bertz CT molecular complexity index is 567. The first-order valence-corrected chi connectivity index (χ1v) is 7.20. The van der Waals surface area contributed by atoms with E-state index < -0.39 is 0 Å². The lowest BCUT2D eigenvalue weighted by Crippen LogP contribution is -2.08. The lowest BCUT2D eigenvalue weighted by atomic mass is 10.1. The van der Waals surface area contributed by atoms with Gasteiger partial charge in [-0.3, -0.25) is 0 Å². The van der Waals surface area contributed by atoms with Crippen molar-refractivity contribution in [3.05, 3.63) is 58.1 Å². The van der Waals surface area contributed by atoms with Crippen molar-refractivity contribution in [2.75, 3.05) is 7.11 Å². The standard InChI is InChI=1S/C16H18BrNO2/c1-11(18)15-9-13(17)5-8-16(15)20-10-12-3-6-14(19-2)7-4-12/h3-9,11H,10,18H2,1-2H3. The van der Waals surface area contributed by atoms with Gasteiger partial charge in [-0.15, -0.1) is 0 Å². The van der Waals surface area contributed by atoms with Crippen LogP contribution in [0.25, 0.3) is 0 Å². The summed E-state index contributed by atoms with van der Waals surface area (Å²) < 4.78 is 12.0. The van der Waals surface area contributed by atoms with Crippen LogP contribution in [0, 0.1) is 0 Å². The van der Waals surface area contributed by atoms with E-state index in [9.17, 15) is 0 Å². The molecule has 0 aromatic heterocycles. The average molecular weight is 336 g/mol. The molecule has 2 aromatic carbocycles. The van der Waals surface area contributed by atoms with E-state index in [0.29, 0.717) is 6.61 Å². The summed E-state index contributed by atoms with van der Waals surface area (Å²) in [7, 11) is 1.66. The van der Waals surface area contributed by atoms with Gasteiger partial charge in [0.2, 0.25) is 0 Å². The maximum absolute atomic E-state index is 5.97. The van der Waals surface area contributed by atoms with Crippen LogP contribution >= 0.6 is 15.9 Å². The van der Waals surface area contributed by atoms with E-state index in [2.05, 4.69) is 15.9 Å². The molecule has 4 heteroatoms. The zero-order chi connectivity index (χ0) is 14.5. The molecular formula is C16H18BrNO2. The van der Waals surface area contributed by atoms with Crippen LogP contribution in [0.2, 0.25) is 0 Å². The Labute approximate surface area is 127 Å². The molecule has 0 aliphatic heterocycles. The van der Waals surface area contributed by atoms with Crippen LogP contribution in [0.5, 0.6) is 11.5 Å². The SMILES string of the molecule is COc1ccc(COc2ccc(Br)cc2C(C)N)cc1. The van der Waals surface area contributed by atoms with Gasteiger partial charge in [-0.2, -0.15) is 0 Å². The normalized spacial score (nSPS) is 12.0. The summed E-state index contributed by atoms with van der Waals surface area (Å²) in [6.45, 7) is 2.45. The minimum Gasteiger partial charge on any atom is -0.497 e. The quantitative estimate of drug-likeness (QED) is 0.896. The van der Waals surface area contributed by atoms with Gasteiger partial charge >= 0.3 is 0 Å². The van der Waals surface area contributed by atoms with Gasteiger partial charge in [0.1, 0.15) is 18.1 Å². The Morgan fingerprint density at radius 2 is 1.85 bits per heavy atom. The molecule has 0 radical (unpaired) electrons. The number of nitrogens with two attached hydrogens (primary N) is 1. The maximum atomic E-state index is 5.97. The first-order chi connectivity index (χ1) is 9.60. The van der Waals surface area contributed by atoms with Crippen molar-refractivity contribution in [1.29, 1.82) is 0 Å². The molecule has 0 amide bonds. The van der Waals surface area contributed by atoms with Gasteiger partial charge in [0.05, 0.1) is 7.11 Å². The first kappa shape index (κ1) is 14.9. The molecule has 2 N–H and O–H groups in total. The number of ether oxygens (including phenoxy) is 2. The van der Waals surface area contributed by atoms with Crippen molar-refractivity contribution >= 4 is 15.9 Å². The Morgan fingerprint density at radius 3 is 2.45 bits per heavy atom. The number of hydrogen-bond donors (Lipinski definition) is 1. The smallest absolute Gasteiger partial charge is 0.124 e. The summed E-state index contributed by atoms with van der Waals surface area (Å²) in [5.41, 5.74) is 8.05. The molecule has 0 fully saturated rings. The molecule has 20 heavy (non-hydrogen) atoms. The van der Waals surface area contributed by atoms with E-state index in [1.54, 1.807) is 7.11 Å². The Kier molecular flexibility index (Phi) is 5.04. The third-order valence-electron chi connectivity index (χ3n) is 3.02. The van der Waals surface area contributed by atoms with E-state index in [4.69, 9.17) is 15.2 Å². The number of benzene rings is 2. The average Bonchev–Trinajstić information content (AvgIpc) is 2.46. The van der Waals surface area contributed by atoms with Gasteiger partial charge < -0.3 is 15.2 Å². The summed E-state index contributed by atoms with van der Waals surface area (Å²) in [4.78, 5) is 0. The predicted molar refractivity (Wildman–Crippen MR) is 84.1 cm³/mol. The van der Waals surface area contributed by atoms with Gasteiger partial charge in [0, 0.05) is 16.1 Å². The lowest BCUT2D eigenvalue weighted by molar-refractivity contribution is 0.301. The predicted octanol–water partition coefficient (Wildman–Crippen LogP) is 4.06. The number of hydrogen-bond acceptors (Lipinski definition) is 3. The summed E-state index contributed by atoms with van der Waals surface area (Å²) in [6.07, 6.45) is 0. The second-order valence-electron chi connectivity index (χ2n) is 4.61. The highest BCUT2D eigenvalue weighted by Gasteiger charge is 2.09. The third kappa shape index (κ3) is 3.74. The summed E-state index contributed by atoms with van der Waals surface area (Å²) in [5.74, 6) is 1.66. The van der Waals surface area contributed by atoms with Crippen LogP contribution in [-0.2, 0) is 6.61 Å². The van der Waals surface area contributed by atoms with Gasteiger partial charge in [-0.1, -0.05) is 28.1 Å². The van der Waals surface area contributed by atoms with Crippen LogP contribution in [-0.4, -0.2) is 7.11 Å². The molecule has 0 bridgehead atoms. The fourth-order valence-electron chi connectivity index (χ4n) is 1.89. The summed E-state index contributed by atoms with van der Waals surface area (Å²) in [5, 5.41) is 0. The molecule has 0 aliphatic rings. The zero-order valence-electron chi connectivity index (χ0n) is 11.6. The fraction of sp³-hybridized carbons (Fsp3) is 0.250. The van der Waals surface area contributed by atoms with Gasteiger partial charge in [-0.05, 0) is 42.8 Å². The molecule has 1 unspecified atom stereocenters. The topological polar surface area (TPSA) is 44.5 Å². The second-order valence-corrected chi connectivity index (χ2v) is 5.52. The highest BCUT2D eigenvalue weighted by Crippen LogP contribution is 2.28. The van der Waals surface area contributed by atoms with Crippen molar-refractivity contribution in [3.63, 3.8) is 0 Å². The van der Waals surface area contributed by atoms with Crippen molar-refractivity contribution in [2.24, 2.45) is 5.73 Å². The highest BCUT2D eigenvalue weighted by atomic mass is 79.9. The second kappa shape index (κ2) is 6.77. The largest absolute Gasteiger partial charge is 0.497 e. The Hall–Kier alpha value is -1.52. The summed E-state index contributed by atoms with van der Waals surface area (Å²) >= 11 is 3.45. The van der Waals surface area contributed by atoms with E-state index in [-0.39, 0.29) is 6.04 Å². The molecule has 106 valence electrons. The Morgan fingerprint density at radius 1 is 1.15 bits per heavy atom.